The molecular formula is C15H18ClF3N2O. The van der Waals surface area contributed by atoms with Gasteiger partial charge in [-0.2, -0.15) is 13.2 Å². The van der Waals surface area contributed by atoms with E-state index < -0.39 is 23.7 Å². The van der Waals surface area contributed by atoms with E-state index in [-0.39, 0.29) is 10.7 Å². The van der Waals surface area contributed by atoms with Crippen LogP contribution in [0.4, 0.5) is 18.9 Å². The van der Waals surface area contributed by atoms with E-state index in [4.69, 9.17) is 11.6 Å². The number of carbonyl (C=O) groups excluding carboxylic acids is 1. The molecule has 1 aliphatic rings. The van der Waals surface area contributed by atoms with Crippen molar-refractivity contribution in [1.82, 2.24) is 4.90 Å². The molecule has 1 aromatic rings. The van der Waals surface area contributed by atoms with Gasteiger partial charge < -0.3 is 5.32 Å². The largest absolute Gasteiger partial charge is 0.418 e. The third-order valence-corrected chi connectivity index (χ3v) is 4.10. The number of amides is 1. The number of halogens is 4. The van der Waals surface area contributed by atoms with Crippen LogP contribution in [0.2, 0.25) is 5.02 Å². The van der Waals surface area contributed by atoms with Crippen molar-refractivity contribution in [2.24, 2.45) is 0 Å². The van der Waals surface area contributed by atoms with Crippen LogP contribution in [0.25, 0.3) is 0 Å². The molecule has 0 radical (unpaired) electrons. The van der Waals surface area contributed by atoms with Gasteiger partial charge >= 0.3 is 6.18 Å². The number of carbonyl (C=O) groups is 1. The molecule has 122 valence electrons. The second kappa shape index (κ2) is 6.87. The van der Waals surface area contributed by atoms with Gasteiger partial charge in [-0.25, -0.2) is 0 Å². The first-order valence-electron chi connectivity index (χ1n) is 7.20. The topological polar surface area (TPSA) is 32.3 Å². The molecule has 0 spiro atoms. The third kappa shape index (κ3) is 4.14. The normalized spacial score (nSPS) is 18.0. The number of hydrogen-bond donors (Lipinski definition) is 1. The van der Waals surface area contributed by atoms with Gasteiger partial charge in [0.05, 0.1) is 17.3 Å². The van der Waals surface area contributed by atoms with Crippen LogP contribution in [0, 0.1) is 0 Å². The van der Waals surface area contributed by atoms with Gasteiger partial charge in [0.15, 0.2) is 0 Å². The molecule has 1 amide bonds. The van der Waals surface area contributed by atoms with Gasteiger partial charge in [-0.1, -0.05) is 18.0 Å². The van der Waals surface area contributed by atoms with Gasteiger partial charge in [0.2, 0.25) is 5.91 Å². The summed E-state index contributed by atoms with van der Waals surface area (Å²) in [7, 11) is 0. The third-order valence-electron chi connectivity index (χ3n) is 3.86. The van der Waals surface area contributed by atoms with Crippen molar-refractivity contribution in [2.45, 2.75) is 38.4 Å². The molecule has 1 atom stereocenters. The van der Waals surface area contributed by atoms with Crippen molar-refractivity contribution in [2.75, 3.05) is 18.4 Å². The fourth-order valence-electron chi connectivity index (χ4n) is 2.57. The highest BCUT2D eigenvalue weighted by Gasteiger charge is 2.35. The molecule has 3 nitrogen and oxygen atoms in total. The van der Waals surface area contributed by atoms with E-state index in [1.165, 1.54) is 12.1 Å². The molecule has 0 saturated carbocycles. The van der Waals surface area contributed by atoms with E-state index in [1.54, 1.807) is 6.92 Å². The van der Waals surface area contributed by atoms with E-state index in [2.05, 4.69) is 5.32 Å². The molecule has 1 aromatic carbocycles. The minimum atomic E-state index is -4.57. The van der Waals surface area contributed by atoms with Crippen LogP contribution in [-0.2, 0) is 11.0 Å². The first kappa shape index (κ1) is 17.1. The number of nitrogens with one attached hydrogen (secondary N) is 1. The molecule has 1 fully saturated rings. The Hall–Kier alpha value is -1.27. The summed E-state index contributed by atoms with van der Waals surface area (Å²) >= 11 is 5.62. The van der Waals surface area contributed by atoms with E-state index in [1.807, 2.05) is 4.90 Å². The average Bonchev–Trinajstić information content (AvgIpc) is 2.48. The fraction of sp³-hybridized carbons (Fsp3) is 0.533. The zero-order chi connectivity index (χ0) is 16.3. The highest BCUT2D eigenvalue weighted by molar-refractivity contribution is 6.30. The SMILES string of the molecule is C[C@@H](C(=O)Nc1ccc(Cl)cc1C(F)(F)F)N1CCCCC1. The van der Waals surface area contributed by atoms with Gasteiger partial charge in [0, 0.05) is 5.02 Å². The Labute approximate surface area is 132 Å². The molecular weight excluding hydrogens is 317 g/mol. The van der Waals surface area contributed by atoms with Crippen molar-refractivity contribution in [3.8, 4) is 0 Å². The number of hydrogen-bond acceptors (Lipinski definition) is 2. The molecule has 1 saturated heterocycles. The Balaban J connectivity index is 2.14. The zero-order valence-electron chi connectivity index (χ0n) is 12.2. The van der Waals surface area contributed by atoms with E-state index in [9.17, 15) is 18.0 Å². The van der Waals surface area contributed by atoms with Crippen molar-refractivity contribution in [3.05, 3.63) is 28.8 Å². The van der Waals surface area contributed by atoms with Gasteiger partial charge in [-0.05, 0) is 51.1 Å². The van der Waals surface area contributed by atoms with Crippen LogP contribution in [0.5, 0.6) is 0 Å². The maximum atomic E-state index is 13.0. The smallest absolute Gasteiger partial charge is 0.324 e. The highest BCUT2D eigenvalue weighted by Crippen LogP contribution is 2.36. The van der Waals surface area contributed by atoms with Crippen molar-refractivity contribution in [3.63, 3.8) is 0 Å². The minimum Gasteiger partial charge on any atom is -0.324 e. The maximum absolute atomic E-state index is 13.0. The van der Waals surface area contributed by atoms with E-state index in [0.717, 1.165) is 38.4 Å². The second-order valence-corrected chi connectivity index (χ2v) is 5.89. The number of rotatable bonds is 3. The summed E-state index contributed by atoms with van der Waals surface area (Å²) in [5.41, 5.74) is -1.19. The van der Waals surface area contributed by atoms with E-state index >= 15 is 0 Å². The van der Waals surface area contributed by atoms with Gasteiger partial charge in [0.25, 0.3) is 0 Å². The predicted octanol–water partition coefficient (Wildman–Crippen LogP) is 4.17. The summed E-state index contributed by atoms with van der Waals surface area (Å²) in [5, 5.41) is 2.36. The van der Waals surface area contributed by atoms with Crippen LogP contribution in [0.15, 0.2) is 18.2 Å². The van der Waals surface area contributed by atoms with Crippen LogP contribution in [0.1, 0.15) is 31.7 Å². The minimum absolute atomic E-state index is 0.0191. The summed E-state index contributed by atoms with van der Waals surface area (Å²) < 4.78 is 39.0. The van der Waals surface area contributed by atoms with Gasteiger partial charge in [-0.15, -0.1) is 0 Å². The van der Waals surface area contributed by atoms with Crippen LogP contribution >= 0.6 is 11.6 Å². The van der Waals surface area contributed by atoms with Gasteiger partial charge in [-0.3, -0.25) is 9.69 Å². The first-order chi connectivity index (χ1) is 10.3. The zero-order valence-corrected chi connectivity index (χ0v) is 13.0. The number of alkyl halides is 3. The fourth-order valence-corrected chi connectivity index (χ4v) is 2.74. The van der Waals surface area contributed by atoms with Crippen LogP contribution in [0.3, 0.4) is 0 Å². The summed E-state index contributed by atoms with van der Waals surface area (Å²) in [4.78, 5) is 14.2. The lowest BCUT2D eigenvalue weighted by molar-refractivity contribution is -0.137. The molecule has 0 aliphatic carbocycles. The van der Waals surface area contributed by atoms with E-state index in [0.29, 0.717) is 0 Å². The number of benzene rings is 1. The maximum Gasteiger partial charge on any atom is 0.418 e. The molecule has 1 aliphatic heterocycles. The number of piperidine rings is 1. The molecule has 0 bridgehead atoms. The Bertz CT molecular complexity index is 542. The summed E-state index contributed by atoms with van der Waals surface area (Å²) in [6, 6.07) is 2.88. The number of likely N-dealkylation sites (tertiary alicyclic amines) is 1. The van der Waals surface area contributed by atoms with Crippen LogP contribution < -0.4 is 5.32 Å². The molecule has 0 aromatic heterocycles. The first-order valence-corrected chi connectivity index (χ1v) is 7.58. The molecule has 1 N–H and O–H groups in total. The summed E-state index contributed by atoms with van der Waals surface area (Å²) in [6.45, 7) is 3.30. The Morgan fingerprint density at radius 2 is 1.91 bits per heavy atom. The molecule has 22 heavy (non-hydrogen) atoms. The molecule has 1 heterocycles. The molecule has 0 unspecified atom stereocenters. The summed E-state index contributed by atoms with van der Waals surface area (Å²) in [6.07, 6.45) is -1.43. The lowest BCUT2D eigenvalue weighted by Crippen LogP contribution is -2.44. The highest BCUT2D eigenvalue weighted by atomic mass is 35.5. The summed E-state index contributed by atoms with van der Waals surface area (Å²) in [5.74, 6) is -0.435. The second-order valence-electron chi connectivity index (χ2n) is 5.45. The van der Waals surface area contributed by atoms with Crippen molar-refractivity contribution >= 4 is 23.2 Å². The Morgan fingerprint density at radius 3 is 2.50 bits per heavy atom. The van der Waals surface area contributed by atoms with Crippen molar-refractivity contribution < 1.29 is 18.0 Å². The Kier molecular flexibility index (Phi) is 5.34. The standard InChI is InChI=1S/C15H18ClF3N2O/c1-10(21-7-3-2-4-8-21)14(22)20-13-6-5-11(16)9-12(13)15(17,18)19/h5-6,9-10H,2-4,7-8H2,1H3,(H,20,22)/t10-/m0/s1. The lowest BCUT2D eigenvalue weighted by atomic mass is 10.1. The number of anilines is 1. The predicted molar refractivity (Wildman–Crippen MR) is 80.0 cm³/mol. The van der Waals surface area contributed by atoms with Crippen LogP contribution in [-0.4, -0.2) is 29.9 Å². The Morgan fingerprint density at radius 1 is 1.27 bits per heavy atom. The molecule has 7 heteroatoms. The monoisotopic (exact) mass is 334 g/mol. The number of nitrogens with zero attached hydrogens (tertiary/aromatic N) is 1. The molecule has 2 rings (SSSR count). The quantitative estimate of drug-likeness (QED) is 0.899. The van der Waals surface area contributed by atoms with Crippen molar-refractivity contribution in [1.29, 1.82) is 0 Å². The van der Waals surface area contributed by atoms with Gasteiger partial charge in [0.1, 0.15) is 0 Å². The lowest BCUT2D eigenvalue weighted by Gasteiger charge is -2.31. The average molecular weight is 335 g/mol.